The van der Waals surface area contributed by atoms with Gasteiger partial charge in [0.2, 0.25) is 6.79 Å². The molecule has 7 nitrogen and oxygen atoms in total. The van der Waals surface area contributed by atoms with Crippen molar-refractivity contribution in [2.75, 3.05) is 13.8 Å². The molecule has 1 aromatic carbocycles. The van der Waals surface area contributed by atoms with Gasteiger partial charge in [0.05, 0.1) is 6.54 Å². The monoisotopic (exact) mass is 304 g/mol. The van der Waals surface area contributed by atoms with Crippen molar-refractivity contribution >= 4 is 5.91 Å². The summed E-state index contributed by atoms with van der Waals surface area (Å²) in [5.74, 6) is 1.70. The summed E-state index contributed by atoms with van der Waals surface area (Å²) in [6.45, 7) is 2.27. The largest absolute Gasteiger partial charge is 0.481 e. The molecular formula is C15H16N2O5. The second kappa shape index (κ2) is 5.97. The van der Waals surface area contributed by atoms with E-state index in [-0.39, 0.29) is 12.7 Å². The normalized spacial score (nSPS) is 13.7. The van der Waals surface area contributed by atoms with Gasteiger partial charge < -0.3 is 23.6 Å². The third kappa shape index (κ3) is 2.98. The fourth-order valence-corrected chi connectivity index (χ4v) is 2.16. The van der Waals surface area contributed by atoms with Gasteiger partial charge in [-0.2, -0.15) is 0 Å². The van der Waals surface area contributed by atoms with Crippen LogP contribution in [-0.4, -0.2) is 35.9 Å². The Morgan fingerprint density at radius 2 is 2.18 bits per heavy atom. The summed E-state index contributed by atoms with van der Waals surface area (Å²) in [5.41, 5.74) is 0.686. The van der Waals surface area contributed by atoms with Gasteiger partial charge >= 0.3 is 0 Å². The molecule has 0 fully saturated rings. The van der Waals surface area contributed by atoms with Crippen LogP contribution in [0, 0.1) is 0 Å². The van der Waals surface area contributed by atoms with Crippen LogP contribution in [0.15, 0.2) is 35.1 Å². The average molecular weight is 304 g/mol. The topological polar surface area (TPSA) is 74.0 Å². The zero-order chi connectivity index (χ0) is 15.5. The number of carbonyl (C=O) groups is 1. The van der Waals surface area contributed by atoms with Crippen molar-refractivity contribution in [3.63, 3.8) is 0 Å². The van der Waals surface area contributed by atoms with E-state index in [0.717, 1.165) is 0 Å². The van der Waals surface area contributed by atoms with Crippen molar-refractivity contribution in [2.24, 2.45) is 0 Å². The minimum absolute atomic E-state index is 0.152. The molecule has 3 rings (SSSR count). The van der Waals surface area contributed by atoms with Crippen LogP contribution in [0.1, 0.15) is 12.6 Å². The van der Waals surface area contributed by atoms with Gasteiger partial charge in [-0.25, -0.2) is 0 Å². The molecule has 0 unspecified atom stereocenters. The third-order valence-corrected chi connectivity index (χ3v) is 3.27. The lowest BCUT2D eigenvalue weighted by atomic mass is 10.3. The number of likely N-dealkylation sites (N-methyl/N-ethyl adjacent to an activating group) is 1. The Labute approximate surface area is 127 Å². The number of ether oxygens (including phenoxy) is 3. The van der Waals surface area contributed by atoms with Gasteiger partial charge in [0, 0.05) is 19.2 Å². The first-order valence-corrected chi connectivity index (χ1v) is 6.84. The number of hydrogen-bond donors (Lipinski definition) is 0. The van der Waals surface area contributed by atoms with Crippen LogP contribution in [-0.2, 0) is 11.3 Å². The molecule has 2 heterocycles. The molecule has 1 amide bonds. The molecule has 116 valence electrons. The van der Waals surface area contributed by atoms with E-state index in [2.05, 4.69) is 5.16 Å². The van der Waals surface area contributed by atoms with Crippen molar-refractivity contribution in [3.8, 4) is 17.2 Å². The van der Waals surface area contributed by atoms with E-state index < -0.39 is 6.10 Å². The Bertz CT molecular complexity index is 656. The first-order chi connectivity index (χ1) is 10.6. The number of hydrogen-bond acceptors (Lipinski definition) is 6. The maximum absolute atomic E-state index is 12.3. The molecule has 22 heavy (non-hydrogen) atoms. The summed E-state index contributed by atoms with van der Waals surface area (Å²) in [5, 5.41) is 3.78. The molecule has 0 N–H and O–H groups in total. The summed E-state index contributed by atoms with van der Waals surface area (Å²) < 4.78 is 20.9. The van der Waals surface area contributed by atoms with Crippen LogP contribution in [0.2, 0.25) is 0 Å². The van der Waals surface area contributed by atoms with E-state index in [1.807, 2.05) is 0 Å². The van der Waals surface area contributed by atoms with E-state index >= 15 is 0 Å². The van der Waals surface area contributed by atoms with Crippen LogP contribution in [0.4, 0.5) is 0 Å². The van der Waals surface area contributed by atoms with Gasteiger partial charge in [-0.05, 0) is 19.1 Å². The van der Waals surface area contributed by atoms with Crippen LogP contribution in [0.5, 0.6) is 17.2 Å². The van der Waals surface area contributed by atoms with E-state index in [1.54, 1.807) is 38.2 Å². The number of fused-ring (bicyclic) bond motifs is 1. The molecule has 0 spiro atoms. The fraction of sp³-hybridized carbons (Fsp3) is 0.333. The average Bonchev–Trinajstić information content (AvgIpc) is 3.16. The second-order valence-electron chi connectivity index (χ2n) is 4.96. The SMILES string of the molecule is C[C@@H](Oc1ccc2c(c1)OCO2)C(=O)N(C)Cc1ccon1. The maximum Gasteiger partial charge on any atom is 0.263 e. The van der Waals surface area contributed by atoms with Crippen LogP contribution in [0.3, 0.4) is 0 Å². The van der Waals surface area contributed by atoms with Crippen LogP contribution in [0.25, 0.3) is 0 Å². The van der Waals surface area contributed by atoms with Crippen LogP contribution >= 0.6 is 0 Å². The third-order valence-electron chi connectivity index (χ3n) is 3.27. The first-order valence-electron chi connectivity index (χ1n) is 6.84. The van der Waals surface area contributed by atoms with Crippen molar-refractivity contribution in [1.82, 2.24) is 10.1 Å². The molecule has 0 bridgehead atoms. The van der Waals surface area contributed by atoms with Gasteiger partial charge in [0.25, 0.3) is 5.91 Å². The molecule has 0 saturated heterocycles. The lowest BCUT2D eigenvalue weighted by Crippen LogP contribution is -2.37. The Morgan fingerprint density at radius 3 is 2.95 bits per heavy atom. The van der Waals surface area contributed by atoms with Gasteiger partial charge in [0.15, 0.2) is 17.6 Å². The fourth-order valence-electron chi connectivity index (χ4n) is 2.16. The quantitative estimate of drug-likeness (QED) is 0.839. The predicted octanol–water partition coefficient (Wildman–Crippen LogP) is 1.83. The molecule has 1 atom stereocenters. The second-order valence-corrected chi connectivity index (χ2v) is 4.96. The number of benzene rings is 1. The highest BCUT2D eigenvalue weighted by Crippen LogP contribution is 2.35. The molecule has 1 aliphatic heterocycles. The number of carbonyl (C=O) groups excluding carboxylic acids is 1. The summed E-state index contributed by atoms with van der Waals surface area (Å²) in [4.78, 5) is 13.8. The zero-order valence-corrected chi connectivity index (χ0v) is 12.3. The number of amides is 1. The Morgan fingerprint density at radius 1 is 1.36 bits per heavy atom. The molecule has 0 saturated carbocycles. The molecule has 7 heteroatoms. The summed E-state index contributed by atoms with van der Waals surface area (Å²) in [6.07, 6.45) is 0.845. The standard InChI is InChI=1S/C15H16N2O5/c1-10(15(18)17(2)8-11-5-6-21-16-11)22-12-3-4-13-14(7-12)20-9-19-13/h3-7,10H,8-9H2,1-2H3/t10-/m1/s1. The number of aromatic nitrogens is 1. The summed E-state index contributed by atoms with van der Waals surface area (Å²) >= 11 is 0. The van der Waals surface area contributed by atoms with Crippen molar-refractivity contribution < 1.29 is 23.5 Å². The smallest absolute Gasteiger partial charge is 0.263 e. The van der Waals surface area contributed by atoms with Gasteiger partial charge in [-0.3, -0.25) is 4.79 Å². The van der Waals surface area contributed by atoms with E-state index in [0.29, 0.717) is 29.5 Å². The maximum atomic E-state index is 12.3. The minimum Gasteiger partial charge on any atom is -0.481 e. The molecule has 2 aromatic rings. The number of nitrogens with zero attached hydrogens (tertiary/aromatic N) is 2. The van der Waals surface area contributed by atoms with Crippen molar-refractivity contribution in [3.05, 3.63) is 36.2 Å². The van der Waals surface area contributed by atoms with Gasteiger partial charge in [-0.1, -0.05) is 5.16 Å². The minimum atomic E-state index is -0.628. The van der Waals surface area contributed by atoms with Gasteiger partial charge in [-0.15, -0.1) is 0 Å². The zero-order valence-electron chi connectivity index (χ0n) is 12.3. The highest BCUT2D eigenvalue weighted by molar-refractivity contribution is 5.80. The first kappa shape index (κ1) is 14.2. The Balaban J connectivity index is 1.61. The highest BCUT2D eigenvalue weighted by Gasteiger charge is 2.21. The molecule has 1 aromatic heterocycles. The van der Waals surface area contributed by atoms with Crippen molar-refractivity contribution in [2.45, 2.75) is 19.6 Å². The summed E-state index contributed by atoms with van der Waals surface area (Å²) in [6, 6.07) is 6.93. The molecular weight excluding hydrogens is 288 g/mol. The van der Waals surface area contributed by atoms with E-state index in [1.165, 1.54) is 11.2 Å². The Kier molecular flexibility index (Phi) is 3.86. The lowest BCUT2D eigenvalue weighted by Gasteiger charge is -2.21. The number of rotatable bonds is 5. The molecule has 0 radical (unpaired) electrons. The highest BCUT2D eigenvalue weighted by atomic mass is 16.7. The molecule has 0 aliphatic carbocycles. The molecule has 1 aliphatic rings. The lowest BCUT2D eigenvalue weighted by molar-refractivity contribution is -0.137. The van der Waals surface area contributed by atoms with Crippen LogP contribution < -0.4 is 14.2 Å². The Hall–Kier alpha value is -2.70. The van der Waals surface area contributed by atoms with E-state index in [4.69, 9.17) is 18.7 Å². The van der Waals surface area contributed by atoms with E-state index in [9.17, 15) is 4.79 Å². The summed E-state index contributed by atoms with van der Waals surface area (Å²) in [7, 11) is 1.69. The van der Waals surface area contributed by atoms with Crippen molar-refractivity contribution in [1.29, 1.82) is 0 Å². The predicted molar refractivity (Wildman–Crippen MR) is 75.6 cm³/mol. The van der Waals surface area contributed by atoms with Gasteiger partial charge in [0.1, 0.15) is 17.7 Å².